The van der Waals surface area contributed by atoms with Crippen molar-refractivity contribution in [2.45, 2.75) is 47.6 Å². The molecule has 0 unspecified atom stereocenters. The number of phenolic OH excluding ortho intramolecular Hbond substituents is 1. The third-order valence-electron chi connectivity index (χ3n) is 5.60. The van der Waals surface area contributed by atoms with Gasteiger partial charge in [-0.15, -0.1) is 0 Å². The van der Waals surface area contributed by atoms with E-state index in [1.165, 1.54) is 12.0 Å². The monoisotopic (exact) mass is 674 g/mol. The Bertz CT molecular complexity index is 1070. The largest absolute Gasteiger partial charge is 0.508 e. The van der Waals surface area contributed by atoms with Gasteiger partial charge in [0.15, 0.2) is 0 Å². The third-order valence-corrected chi connectivity index (χ3v) is 5.60. The summed E-state index contributed by atoms with van der Waals surface area (Å²) in [6.07, 6.45) is 1.25. The predicted octanol–water partition coefficient (Wildman–Crippen LogP) is 5.17. The van der Waals surface area contributed by atoms with E-state index in [0.717, 1.165) is 18.8 Å². The van der Waals surface area contributed by atoms with Gasteiger partial charge < -0.3 is 50.1 Å². The van der Waals surface area contributed by atoms with Gasteiger partial charge in [-0.25, -0.2) is 4.99 Å². The van der Waals surface area contributed by atoms with Crippen LogP contribution in [0.5, 0.6) is 5.75 Å². The van der Waals surface area contributed by atoms with E-state index in [1.54, 1.807) is 31.4 Å². The third kappa shape index (κ3) is 27.6. The topological polar surface area (TPSA) is 139 Å². The highest BCUT2D eigenvalue weighted by atomic mass is 16.5. The molecule has 0 heterocycles. The van der Waals surface area contributed by atoms with Gasteiger partial charge in [-0.1, -0.05) is 71.0 Å². The van der Waals surface area contributed by atoms with Gasteiger partial charge >= 0.3 is 0 Å². The van der Waals surface area contributed by atoms with Crippen LogP contribution in [0.25, 0.3) is 0 Å². The zero-order chi connectivity index (χ0) is 35.5. The zero-order valence-corrected chi connectivity index (χ0v) is 30.2. The maximum absolute atomic E-state index is 9.59. The molecule has 0 aliphatic heterocycles. The van der Waals surface area contributed by atoms with Gasteiger partial charge in [0.1, 0.15) is 11.6 Å². The van der Waals surface area contributed by atoms with Gasteiger partial charge in [-0.05, 0) is 36.8 Å². The molecular formula is C36H62N6O6. The Balaban J connectivity index is 0.00000417. The summed E-state index contributed by atoms with van der Waals surface area (Å²) < 4.78 is 27.1. The van der Waals surface area contributed by atoms with Crippen LogP contribution in [-0.2, 0) is 30.2 Å². The second-order valence-corrected chi connectivity index (χ2v) is 9.90. The fraction of sp³-hybridized carbons (Fsp3) is 0.556. The van der Waals surface area contributed by atoms with Crippen molar-refractivity contribution in [3.63, 3.8) is 0 Å². The Morgan fingerprint density at radius 2 is 1.33 bits per heavy atom. The lowest BCUT2D eigenvalue weighted by Gasteiger charge is -2.16. The number of aliphatic imine (C=N–C) groups is 2. The summed E-state index contributed by atoms with van der Waals surface area (Å²) in [6.45, 7) is 21.4. The molecular weight excluding hydrogens is 612 g/mol. The first kappa shape index (κ1) is 44.5. The molecule has 0 spiro atoms. The Morgan fingerprint density at radius 3 is 1.96 bits per heavy atom. The number of phenols is 1. The number of ether oxygens (including phenoxy) is 5. The van der Waals surface area contributed by atoms with Crippen molar-refractivity contribution in [2.24, 2.45) is 9.98 Å². The number of amidine groups is 1. The van der Waals surface area contributed by atoms with Crippen LogP contribution in [0.15, 0.2) is 77.0 Å². The summed E-state index contributed by atoms with van der Waals surface area (Å²) in [4.78, 5) is 9.04. The molecule has 2 aromatic rings. The maximum atomic E-state index is 9.59. The molecule has 272 valence electrons. The van der Waals surface area contributed by atoms with Gasteiger partial charge in [0.25, 0.3) is 0 Å². The van der Waals surface area contributed by atoms with E-state index in [-0.39, 0.29) is 5.75 Å². The van der Waals surface area contributed by atoms with E-state index in [1.807, 2.05) is 39.0 Å². The second kappa shape index (κ2) is 33.4. The molecule has 0 fully saturated rings. The van der Waals surface area contributed by atoms with Crippen molar-refractivity contribution < 1.29 is 28.8 Å². The Hall–Kier alpha value is -3.52. The minimum absolute atomic E-state index is 0.176. The van der Waals surface area contributed by atoms with E-state index in [9.17, 15) is 5.11 Å². The lowest BCUT2D eigenvalue weighted by molar-refractivity contribution is 0.0258. The second-order valence-electron chi connectivity index (χ2n) is 9.90. The Kier molecular flexibility index (Phi) is 30.9. The fourth-order valence-electron chi connectivity index (χ4n) is 3.46. The predicted molar refractivity (Wildman–Crippen MR) is 198 cm³/mol. The molecule has 0 atom stereocenters. The number of hydrogen-bond acceptors (Lipinski definition) is 9. The van der Waals surface area contributed by atoms with E-state index in [4.69, 9.17) is 23.7 Å². The summed E-state index contributed by atoms with van der Waals surface area (Å²) in [5.74, 6) is 1.70. The number of nitrogens with zero attached hydrogens (tertiary/aromatic N) is 2. The van der Waals surface area contributed by atoms with Gasteiger partial charge in [0.2, 0.25) is 5.96 Å². The molecule has 0 amide bonds. The smallest absolute Gasteiger partial charge is 0.207 e. The van der Waals surface area contributed by atoms with Crippen molar-refractivity contribution in [2.75, 3.05) is 91.5 Å². The van der Waals surface area contributed by atoms with Crippen LogP contribution in [0, 0.1) is 0 Å². The van der Waals surface area contributed by atoms with Crippen molar-refractivity contribution in [1.29, 1.82) is 0 Å². The van der Waals surface area contributed by atoms with Crippen LogP contribution in [0.4, 0.5) is 5.69 Å². The van der Waals surface area contributed by atoms with E-state index < -0.39 is 0 Å². The number of aromatic hydroxyl groups is 1. The number of rotatable bonds is 23. The number of hydrogen-bond donors (Lipinski definition) is 5. The van der Waals surface area contributed by atoms with Gasteiger partial charge in [0.05, 0.1) is 71.8 Å². The maximum Gasteiger partial charge on any atom is 0.207 e. The molecule has 0 aliphatic carbocycles. The molecule has 12 nitrogen and oxygen atoms in total. The standard InChI is InChI=1S/C31H48N6O6.C3H8.C2H6/c1-26(33-14-17-41-22-21-40-16-13-32-25-28-7-5-4-6-8-28)35-31(37-29-9-11-30(38)12-10-29)36-27(2)34-15-18-42-23-24-43-20-19-39-3;1-3-2;1-2/h4-12,32,34,38H,2,13-25H2,1,3H3,(H2,33,35,36,37);3H2,1-2H3;1-2H3. The van der Waals surface area contributed by atoms with Crippen molar-refractivity contribution in [3.05, 3.63) is 72.6 Å². The molecule has 48 heavy (non-hydrogen) atoms. The molecule has 12 heteroatoms. The van der Waals surface area contributed by atoms with Crippen LogP contribution in [0.1, 0.15) is 46.6 Å². The average Bonchev–Trinajstić information content (AvgIpc) is 3.09. The van der Waals surface area contributed by atoms with Gasteiger partial charge in [-0.3, -0.25) is 4.99 Å². The number of guanidine groups is 1. The number of nitrogens with one attached hydrogen (secondary N) is 4. The van der Waals surface area contributed by atoms with Crippen LogP contribution in [0.3, 0.4) is 0 Å². The number of methoxy groups -OCH3 is 1. The first-order valence-electron chi connectivity index (χ1n) is 16.9. The van der Waals surface area contributed by atoms with Crippen LogP contribution < -0.4 is 21.3 Å². The average molecular weight is 675 g/mol. The molecule has 0 bridgehead atoms. The molecule has 2 rings (SSSR count). The molecule has 2 aromatic carbocycles. The minimum atomic E-state index is 0.176. The van der Waals surface area contributed by atoms with Crippen molar-refractivity contribution >= 4 is 17.5 Å². The van der Waals surface area contributed by atoms with Crippen LogP contribution in [-0.4, -0.2) is 103 Å². The molecule has 0 aromatic heterocycles. The summed E-state index contributed by atoms with van der Waals surface area (Å²) in [7, 11) is 1.64. The van der Waals surface area contributed by atoms with Crippen LogP contribution in [0.2, 0.25) is 0 Å². The Labute approximate surface area is 289 Å². The molecule has 0 radical (unpaired) electrons. The summed E-state index contributed by atoms with van der Waals surface area (Å²) in [6, 6.07) is 16.9. The molecule has 5 N–H and O–H groups in total. The van der Waals surface area contributed by atoms with E-state index in [2.05, 4.69) is 63.8 Å². The molecule has 0 saturated heterocycles. The SMILES string of the molecule is C=C(NCCOCCOCCOC)NC(=NC(C)=NCCOCCOCCNCc1ccccc1)Nc1ccc(O)cc1.CC.CCC. The van der Waals surface area contributed by atoms with Gasteiger partial charge in [0, 0.05) is 32.4 Å². The first-order chi connectivity index (χ1) is 23.5. The quantitative estimate of drug-likeness (QED) is 0.0464. The highest BCUT2D eigenvalue weighted by molar-refractivity contribution is 6.02. The fourth-order valence-corrected chi connectivity index (χ4v) is 3.46. The summed E-state index contributed by atoms with van der Waals surface area (Å²) in [5, 5.41) is 22.4. The molecule has 0 aliphatic rings. The highest BCUT2D eigenvalue weighted by Crippen LogP contribution is 2.13. The lowest BCUT2D eigenvalue weighted by Crippen LogP contribution is -2.37. The normalized spacial score (nSPS) is 11.1. The summed E-state index contributed by atoms with van der Waals surface area (Å²) >= 11 is 0. The lowest BCUT2D eigenvalue weighted by atomic mass is 10.2. The van der Waals surface area contributed by atoms with Crippen molar-refractivity contribution in [3.8, 4) is 5.75 Å². The summed E-state index contributed by atoms with van der Waals surface area (Å²) in [5.41, 5.74) is 1.99. The van der Waals surface area contributed by atoms with E-state index in [0.29, 0.717) is 90.2 Å². The van der Waals surface area contributed by atoms with E-state index >= 15 is 0 Å². The first-order valence-corrected chi connectivity index (χ1v) is 16.9. The Morgan fingerprint density at radius 1 is 0.771 bits per heavy atom. The number of anilines is 1. The van der Waals surface area contributed by atoms with Crippen molar-refractivity contribution in [1.82, 2.24) is 16.0 Å². The minimum Gasteiger partial charge on any atom is -0.508 e. The zero-order valence-electron chi connectivity index (χ0n) is 30.2. The highest BCUT2D eigenvalue weighted by Gasteiger charge is 2.04. The van der Waals surface area contributed by atoms with Crippen LogP contribution >= 0.6 is 0 Å². The van der Waals surface area contributed by atoms with Gasteiger partial charge in [-0.2, -0.15) is 0 Å². The number of benzene rings is 2. The molecule has 0 saturated carbocycles.